The molecule has 0 aromatic carbocycles. The molecule has 0 radical (unpaired) electrons. The molecule has 1 aliphatic rings. The normalized spacial score (nSPS) is 29.3. The molecule has 0 unspecified atom stereocenters. The van der Waals surface area contributed by atoms with Gasteiger partial charge in [-0.3, -0.25) is 4.79 Å². The molecule has 0 bridgehead atoms. The van der Waals surface area contributed by atoms with Crippen molar-refractivity contribution >= 4 is 5.97 Å². The van der Waals surface area contributed by atoms with Crippen LogP contribution >= 0.6 is 0 Å². The van der Waals surface area contributed by atoms with E-state index in [4.69, 9.17) is 4.74 Å². The maximum atomic E-state index is 12.6. The summed E-state index contributed by atoms with van der Waals surface area (Å²) < 4.78 is 42.4. The zero-order valence-electron chi connectivity index (χ0n) is 9.60. The first-order chi connectivity index (χ1) is 7.24. The molecule has 0 aromatic heterocycles. The zero-order chi connectivity index (χ0) is 12.6. The molecule has 1 fully saturated rings. The van der Waals surface area contributed by atoms with Crippen molar-refractivity contribution in [2.45, 2.75) is 19.5 Å². The highest BCUT2D eigenvalue weighted by Gasteiger charge is 2.71. The van der Waals surface area contributed by atoms with Crippen LogP contribution in [0.2, 0.25) is 0 Å². The van der Waals surface area contributed by atoms with Crippen LogP contribution in [0.1, 0.15) is 13.3 Å². The van der Waals surface area contributed by atoms with Gasteiger partial charge in [-0.05, 0) is 27.4 Å². The first kappa shape index (κ1) is 13.3. The molecule has 0 aromatic rings. The van der Waals surface area contributed by atoms with Gasteiger partial charge >= 0.3 is 12.1 Å². The highest BCUT2D eigenvalue weighted by molar-refractivity contribution is 5.81. The molecule has 0 amide bonds. The minimum atomic E-state index is -4.32. The lowest BCUT2D eigenvalue weighted by Crippen LogP contribution is -2.35. The first-order valence-corrected chi connectivity index (χ1v) is 5.12. The quantitative estimate of drug-likeness (QED) is 0.699. The monoisotopic (exact) mass is 239 g/mol. The third kappa shape index (κ3) is 2.48. The largest absolute Gasteiger partial charge is 0.466 e. The molecule has 3 nitrogen and oxygen atoms in total. The predicted molar refractivity (Wildman–Crippen MR) is 51.8 cm³/mol. The number of esters is 1. The molecule has 1 saturated carbocycles. The number of carbonyl (C=O) groups is 1. The fraction of sp³-hybridized carbons (Fsp3) is 0.900. The van der Waals surface area contributed by atoms with Crippen LogP contribution in [0.15, 0.2) is 0 Å². The van der Waals surface area contributed by atoms with Crippen LogP contribution in [-0.4, -0.2) is 44.3 Å². The number of alkyl halides is 3. The second-order valence-corrected chi connectivity index (χ2v) is 4.41. The average molecular weight is 239 g/mol. The Balaban J connectivity index is 2.79. The van der Waals surface area contributed by atoms with Gasteiger partial charge in [0, 0.05) is 6.54 Å². The van der Waals surface area contributed by atoms with Crippen LogP contribution in [0.5, 0.6) is 0 Å². The van der Waals surface area contributed by atoms with Crippen LogP contribution in [0.3, 0.4) is 0 Å². The Bertz CT molecular complexity index is 278. The van der Waals surface area contributed by atoms with Crippen LogP contribution in [0.25, 0.3) is 0 Å². The van der Waals surface area contributed by atoms with E-state index in [0.29, 0.717) is 0 Å². The maximum absolute atomic E-state index is 12.6. The Morgan fingerprint density at radius 3 is 2.38 bits per heavy atom. The van der Waals surface area contributed by atoms with Gasteiger partial charge in [-0.15, -0.1) is 0 Å². The van der Waals surface area contributed by atoms with Crippen molar-refractivity contribution in [3.63, 3.8) is 0 Å². The minimum absolute atomic E-state index is 0.0794. The second kappa shape index (κ2) is 4.24. The molecule has 94 valence electrons. The number of rotatable bonds is 4. The van der Waals surface area contributed by atoms with E-state index >= 15 is 0 Å². The molecule has 0 aliphatic heterocycles. The minimum Gasteiger partial charge on any atom is -0.466 e. The Labute approximate surface area is 92.5 Å². The highest BCUT2D eigenvalue weighted by atomic mass is 19.4. The van der Waals surface area contributed by atoms with Gasteiger partial charge in [0.05, 0.1) is 17.9 Å². The summed E-state index contributed by atoms with van der Waals surface area (Å²) in [6.45, 7) is 1.78. The van der Waals surface area contributed by atoms with Crippen molar-refractivity contribution in [1.82, 2.24) is 4.90 Å². The molecule has 0 saturated heterocycles. The van der Waals surface area contributed by atoms with Crippen molar-refractivity contribution in [3.8, 4) is 0 Å². The molecule has 1 aliphatic carbocycles. The van der Waals surface area contributed by atoms with E-state index in [1.54, 1.807) is 25.9 Å². The van der Waals surface area contributed by atoms with Gasteiger partial charge in [0.2, 0.25) is 0 Å². The Hall–Kier alpha value is -0.780. The van der Waals surface area contributed by atoms with Gasteiger partial charge < -0.3 is 9.64 Å². The van der Waals surface area contributed by atoms with Crippen molar-refractivity contribution in [2.24, 2.45) is 11.3 Å². The van der Waals surface area contributed by atoms with Crippen molar-refractivity contribution in [3.05, 3.63) is 0 Å². The van der Waals surface area contributed by atoms with Crippen LogP contribution in [-0.2, 0) is 9.53 Å². The molecule has 2 atom stereocenters. The average Bonchev–Trinajstić information content (AvgIpc) is 2.79. The number of nitrogens with zero attached hydrogens (tertiary/aromatic N) is 1. The standard InChI is InChI=1S/C10H16F3NO2/c1-4-16-8(15)9(6-14(2)3)5-7(9)10(11,12)13/h7H,4-6H2,1-3H3/t7-,9-/m1/s1. The summed E-state index contributed by atoms with van der Waals surface area (Å²) in [7, 11) is 3.29. The molecule has 0 N–H and O–H groups in total. The molecule has 0 heterocycles. The SMILES string of the molecule is CCOC(=O)[C@@]1(CN(C)C)C[C@H]1C(F)(F)F. The van der Waals surface area contributed by atoms with Crippen molar-refractivity contribution < 1.29 is 22.7 Å². The van der Waals surface area contributed by atoms with Gasteiger partial charge in [-0.2, -0.15) is 13.2 Å². The summed E-state index contributed by atoms with van der Waals surface area (Å²) in [6.07, 6.45) is -4.48. The summed E-state index contributed by atoms with van der Waals surface area (Å²) in [5.41, 5.74) is -1.38. The first-order valence-electron chi connectivity index (χ1n) is 5.12. The Morgan fingerprint density at radius 1 is 1.50 bits per heavy atom. The fourth-order valence-electron chi connectivity index (χ4n) is 2.04. The molecule has 0 spiro atoms. The zero-order valence-corrected chi connectivity index (χ0v) is 9.60. The third-order valence-electron chi connectivity index (χ3n) is 2.75. The maximum Gasteiger partial charge on any atom is 0.393 e. The van der Waals surface area contributed by atoms with Gasteiger partial charge in [0.1, 0.15) is 0 Å². The summed E-state index contributed by atoms with van der Waals surface area (Å²) in [6, 6.07) is 0. The van der Waals surface area contributed by atoms with E-state index in [1.165, 1.54) is 0 Å². The summed E-state index contributed by atoms with van der Waals surface area (Å²) in [4.78, 5) is 13.2. The smallest absolute Gasteiger partial charge is 0.393 e. The van der Waals surface area contributed by atoms with E-state index in [0.717, 1.165) is 0 Å². The number of carbonyl (C=O) groups excluding carboxylic acids is 1. The van der Waals surface area contributed by atoms with E-state index in [9.17, 15) is 18.0 Å². The Kier molecular flexibility index (Phi) is 3.52. The lowest BCUT2D eigenvalue weighted by Gasteiger charge is -2.21. The van der Waals surface area contributed by atoms with Crippen LogP contribution in [0, 0.1) is 11.3 Å². The van der Waals surface area contributed by atoms with Gasteiger partial charge in [0.25, 0.3) is 0 Å². The summed E-state index contributed by atoms with van der Waals surface area (Å²) in [5, 5.41) is 0. The number of hydrogen-bond acceptors (Lipinski definition) is 3. The number of halogens is 3. The molecular weight excluding hydrogens is 223 g/mol. The van der Waals surface area contributed by atoms with E-state index in [-0.39, 0.29) is 19.6 Å². The molecule has 6 heteroatoms. The molecule has 1 rings (SSSR count). The van der Waals surface area contributed by atoms with Gasteiger partial charge in [0.15, 0.2) is 0 Å². The van der Waals surface area contributed by atoms with E-state index in [1.807, 2.05) is 0 Å². The third-order valence-corrected chi connectivity index (χ3v) is 2.75. The molecular formula is C10H16F3NO2. The highest BCUT2D eigenvalue weighted by Crippen LogP contribution is 2.61. The summed E-state index contributed by atoms with van der Waals surface area (Å²) >= 11 is 0. The van der Waals surface area contributed by atoms with E-state index < -0.39 is 23.5 Å². The fourth-order valence-corrected chi connectivity index (χ4v) is 2.04. The van der Waals surface area contributed by atoms with Crippen molar-refractivity contribution in [2.75, 3.05) is 27.2 Å². The van der Waals surface area contributed by atoms with Crippen molar-refractivity contribution in [1.29, 1.82) is 0 Å². The topological polar surface area (TPSA) is 29.5 Å². The Morgan fingerprint density at radius 2 is 2.06 bits per heavy atom. The van der Waals surface area contributed by atoms with Crippen LogP contribution in [0.4, 0.5) is 13.2 Å². The second-order valence-electron chi connectivity index (χ2n) is 4.41. The van der Waals surface area contributed by atoms with Gasteiger partial charge in [-0.25, -0.2) is 0 Å². The predicted octanol–water partition coefficient (Wildman–Crippen LogP) is 1.68. The summed E-state index contributed by atoms with van der Waals surface area (Å²) in [5.74, 6) is -2.28. The van der Waals surface area contributed by atoms with Gasteiger partial charge in [-0.1, -0.05) is 0 Å². The number of hydrogen-bond donors (Lipinski definition) is 0. The molecule has 16 heavy (non-hydrogen) atoms. The van der Waals surface area contributed by atoms with E-state index in [2.05, 4.69) is 0 Å². The lowest BCUT2D eigenvalue weighted by molar-refractivity contribution is -0.172. The van der Waals surface area contributed by atoms with Crippen LogP contribution < -0.4 is 0 Å². The number of ether oxygens (including phenoxy) is 1. The lowest BCUT2D eigenvalue weighted by atomic mass is 10.0.